The first-order valence-corrected chi connectivity index (χ1v) is 16.9. The number of ether oxygens (including phenoxy) is 1. The fourth-order valence-corrected chi connectivity index (χ4v) is 7.76. The molecule has 43 heavy (non-hydrogen) atoms. The van der Waals surface area contributed by atoms with Gasteiger partial charge >= 0.3 is 0 Å². The van der Waals surface area contributed by atoms with Gasteiger partial charge in [-0.1, -0.05) is 11.9 Å². The van der Waals surface area contributed by atoms with Crippen LogP contribution in [-0.2, 0) is 6.54 Å². The van der Waals surface area contributed by atoms with Crippen LogP contribution in [-0.4, -0.2) is 61.8 Å². The number of thiazole rings is 1. The summed E-state index contributed by atoms with van der Waals surface area (Å²) in [5, 5.41) is 7.52. The minimum absolute atomic E-state index is 0.0687. The molecule has 1 aliphatic carbocycles. The highest BCUT2D eigenvalue weighted by molar-refractivity contribution is 8.14. The van der Waals surface area contributed by atoms with Crippen LogP contribution in [0.3, 0.4) is 0 Å². The predicted molar refractivity (Wildman–Crippen MR) is 177 cm³/mol. The molecular weight excluding hydrogens is 577 g/mol. The third kappa shape index (κ3) is 6.00. The molecule has 0 bridgehead atoms. The second-order valence-electron chi connectivity index (χ2n) is 11.4. The Balaban J connectivity index is 1.23. The van der Waals surface area contributed by atoms with Gasteiger partial charge in [-0.2, -0.15) is 15.5 Å². The standard InChI is InChI=1S/C33H34N6O2S2/c1-21-4-9-27(43(3)26-10-11-26)17-28(21)29-16-22-18-35-33(37-31(22)39(32(29)40)20-30-34-13-15-42-30)36-23-5-7-24(8-6-23)41-25-12-14-38(2)19-25/h4-9,13,15-18,25-26H,3,10-12,14,19-20H2,1-2H3,(H,35,36,37). The van der Waals surface area contributed by atoms with Crippen molar-refractivity contribution in [3.05, 3.63) is 87.2 Å². The highest BCUT2D eigenvalue weighted by Gasteiger charge is 2.25. The van der Waals surface area contributed by atoms with Crippen LogP contribution in [0.5, 0.6) is 5.75 Å². The van der Waals surface area contributed by atoms with Gasteiger partial charge in [0.25, 0.3) is 5.56 Å². The van der Waals surface area contributed by atoms with Crippen molar-refractivity contribution in [2.75, 3.05) is 25.5 Å². The molecule has 0 radical (unpaired) electrons. The van der Waals surface area contributed by atoms with Gasteiger partial charge < -0.3 is 15.0 Å². The zero-order valence-electron chi connectivity index (χ0n) is 24.3. The summed E-state index contributed by atoms with van der Waals surface area (Å²) in [5.41, 5.74) is 3.95. The fraction of sp³-hybridized carbons (Fsp3) is 0.303. The number of nitrogens with one attached hydrogen (secondary N) is 1. The molecule has 220 valence electrons. The maximum Gasteiger partial charge on any atom is 0.260 e. The highest BCUT2D eigenvalue weighted by atomic mass is 32.2. The monoisotopic (exact) mass is 610 g/mol. The minimum atomic E-state index is -0.0953. The lowest BCUT2D eigenvalue weighted by Gasteiger charge is -2.16. The van der Waals surface area contributed by atoms with E-state index in [2.05, 4.69) is 58.2 Å². The molecule has 4 heterocycles. The van der Waals surface area contributed by atoms with Gasteiger partial charge in [0.05, 0.1) is 6.54 Å². The van der Waals surface area contributed by atoms with Gasteiger partial charge in [-0.25, -0.2) is 9.97 Å². The molecule has 1 saturated heterocycles. The first kappa shape index (κ1) is 27.9. The maximum atomic E-state index is 14.2. The summed E-state index contributed by atoms with van der Waals surface area (Å²) < 4.78 is 7.86. The lowest BCUT2D eigenvalue weighted by molar-refractivity contribution is 0.208. The number of pyridine rings is 1. The van der Waals surface area contributed by atoms with Crippen LogP contribution < -0.4 is 15.6 Å². The number of aryl methyl sites for hydroxylation is 1. The summed E-state index contributed by atoms with van der Waals surface area (Å²) in [4.78, 5) is 31.6. The largest absolute Gasteiger partial charge is 0.489 e. The Labute approximate surface area is 257 Å². The van der Waals surface area contributed by atoms with Crippen molar-refractivity contribution in [1.82, 2.24) is 24.4 Å². The number of hydrogen-bond donors (Lipinski definition) is 1. The van der Waals surface area contributed by atoms with E-state index in [1.54, 1.807) is 17.0 Å². The smallest absolute Gasteiger partial charge is 0.260 e. The van der Waals surface area contributed by atoms with Crippen molar-refractivity contribution in [3.63, 3.8) is 0 Å². The number of anilines is 2. The number of nitrogens with zero attached hydrogens (tertiary/aromatic N) is 5. The van der Waals surface area contributed by atoms with Gasteiger partial charge in [0, 0.05) is 57.6 Å². The molecule has 2 aliphatic rings. The Morgan fingerprint density at radius 2 is 1.93 bits per heavy atom. The van der Waals surface area contributed by atoms with Crippen molar-refractivity contribution in [2.24, 2.45) is 0 Å². The third-order valence-electron chi connectivity index (χ3n) is 8.09. The van der Waals surface area contributed by atoms with Crippen LogP contribution in [0.15, 0.2) is 76.0 Å². The van der Waals surface area contributed by atoms with Crippen molar-refractivity contribution in [1.29, 1.82) is 0 Å². The van der Waals surface area contributed by atoms with E-state index < -0.39 is 0 Å². The molecule has 2 unspecified atom stereocenters. The maximum absolute atomic E-state index is 14.2. The zero-order chi connectivity index (χ0) is 29.5. The Kier molecular flexibility index (Phi) is 7.58. The molecule has 10 heteroatoms. The lowest BCUT2D eigenvalue weighted by atomic mass is 10.0. The first-order chi connectivity index (χ1) is 20.9. The van der Waals surface area contributed by atoms with Crippen LogP contribution in [0.2, 0.25) is 0 Å². The van der Waals surface area contributed by atoms with Gasteiger partial charge in [0.1, 0.15) is 22.5 Å². The van der Waals surface area contributed by atoms with E-state index in [1.807, 2.05) is 35.7 Å². The molecule has 1 saturated carbocycles. The van der Waals surface area contributed by atoms with Crippen LogP contribution in [0, 0.1) is 6.92 Å². The van der Waals surface area contributed by atoms with E-state index in [0.717, 1.165) is 52.5 Å². The first-order valence-electron chi connectivity index (χ1n) is 14.6. The van der Waals surface area contributed by atoms with Crippen molar-refractivity contribution in [3.8, 4) is 16.9 Å². The number of likely N-dealkylation sites (N-methyl/N-ethyl adjacent to an activating group) is 1. The molecule has 2 fully saturated rings. The number of fused-ring (bicyclic) bond motifs is 1. The third-order valence-corrected chi connectivity index (χ3v) is 11.0. The molecule has 5 aromatic rings. The Morgan fingerprint density at radius 3 is 2.65 bits per heavy atom. The van der Waals surface area contributed by atoms with E-state index in [9.17, 15) is 4.79 Å². The highest BCUT2D eigenvalue weighted by Crippen LogP contribution is 2.45. The molecule has 3 aromatic heterocycles. The van der Waals surface area contributed by atoms with Crippen molar-refractivity contribution >= 4 is 50.4 Å². The molecule has 2 aromatic carbocycles. The van der Waals surface area contributed by atoms with Crippen molar-refractivity contribution < 1.29 is 4.74 Å². The van der Waals surface area contributed by atoms with E-state index in [4.69, 9.17) is 9.72 Å². The summed E-state index contributed by atoms with van der Waals surface area (Å²) in [7, 11) is 2.05. The topological polar surface area (TPSA) is 85.2 Å². The molecule has 2 atom stereocenters. The quantitative estimate of drug-likeness (QED) is 0.196. The molecule has 8 nitrogen and oxygen atoms in total. The van der Waals surface area contributed by atoms with Crippen LogP contribution >= 0.6 is 21.8 Å². The van der Waals surface area contributed by atoms with Gasteiger partial charge in [-0.3, -0.25) is 9.36 Å². The molecule has 0 spiro atoms. The van der Waals surface area contributed by atoms with Gasteiger partial charge in [0.2, 0.25) is 5.95 Å². The Hall–Kier alpha value is -3.86. The van der Waals surface area contributed by atoms with Crippen LogP contribution in [0.25, 0.3) is 22.2 Å². The molecule has 1 N–H and O–H groups in total. The van der Waals surface area contributed by atoms with E-state index >= 15 is 0 Å². The average molecular weight is 611 g/mol. The summed E-state index contributed by atoms with van der Waals surface area (Å²) in [6, 6.07) is 16.2. The van der Waals surface area contributed by atoms with Crippen LogP contribution in [0.4, 0.5) is 11.6 Å². The lowest BCUT2D eigenvalue weighted by Crippen LogP contribution is -2.24. The molecule has 7 rings (SSSR count). The van der Waals surface area contributed by atoms with E-state index in [-0.39, 0.29) is 22.1 Å². The zero-order valence-corrected chi connectivity index (χ0v) is 26.0. The molecule has 1 aliphatic heterocycles. The predicted octanol–water partition coefficient (Wildman–Crippen LogP) is 6.32. The van der Waals surface area contributed by atoms with Crippen LogP contribution in [0.1, 0.15) is 29.8 Å². The molecule has 0 amide bonds. The minimum Gasteiger partial charge on any atom is -0.489 e. The second kappa shape index (κ2) is 11.7. The normalized spacial score (nSPS) is 17.8. The van der Waals surface area contributed by atoms with Gasteiger partial charge in [-0.15, -0.1) is 11.3 Å². The van der Waals surface area contributed by atoms with Gasteiger partial charge in [0.15, 0.2) is 0 Å². The number of likely N-dealkylation sites (tertiary alicyclic amines) is 1. The number of benzene rings is 2. The summed E-state index contributed by atoms with van der Waals surface area (Å²) >= 11 is 1.52. The second-order valence-corrected chi connectivity index (χ2v) is 14.4. The number of rotatable bonds is 9. The SMILES string of the molecule is C=S(c1ccc(C)c(-c2cc3cnc(Nc4ccc(OC5CCN(C)C5)cc4)nc3n(Cc3nccs3)c2=O)c1)C1CC1. The van der Waals surface area contributed by atoms with E-state index in [1.165, 1.54) is 29.1 Å². The fourth-order valence-electron chi connectivity index (χ4n) is 5.55. The summed E-state index contributed by atoms with van der Waals surface area (Å²) in [6.07, 6.45) is 7.27. The van der Waals surface area contributed by atoms with Crippen molar-refractivity contribution in [2.45, 2.75) is 49.0 Å². The number of aromatic nitrogens is 4. The average Bonchev–Trinajstić information content (AvgIpc) is 3.58. The van der Waals surface area contributed by atoms with E-state index in [0.29, 0.717) is 29.0 Å². The summed E-state index contributed by atoms with van der Waals surface area (Å²) in [6.45, 7) is 4.39. The Bertz CT molecular complexity index is 1870. The molecular formula is C33H34N6O2S2. The Morgan fingerprint density at radius 1 is 1.09 bits per heavy atom. The number of hydrogen-bond acceptors (Lipinski definition) is 8. The summed E-state index contributed by atoms with van der Waals surface area (Å²) in [5.74, 6) is 5.71. The van der Waals surface area contributed by atoms with Gasteiger partial charge in [-0.05, 0) is 86.8 Å².